The maximum atomic E-state index is 13.2. The Labute approximate surface area is 179 Å². The number of amides is 1. The Morgan fingerprint density at radius 2 is 2.00 bits per heavy atom. The van der Waals surface area contributed by atoms with Gasteiger partial charge in [-0.25, -0.2) is 9.37 Å². The lowest BCUT2D eigenvalue weighted by atomic mass is 9.99. The Morgan fingerprint density at radius 3 is 2.74 bits per heavy atom. The van der Waals surface area contributed by atoms with E-state index >= 15 is 0 Å². The summed E-state index contributed by atoms with van der Waals surface area (Å²) in [7, 11) is 0. The van der Waals surface area contributed by atoms with Crippen molar-refractivity contribution in [2.24, 2.45) is 5.92 Å². The van der Waals surface area contributed by atoms with Gasteiger partial charge in [-0.2, -0.15) is 0 Å². The summed E-state index contributed by atoms with van der Waals surface area (Å²) in [4.78, 5) is 31.8. The van der Waals surface area contributed by atoms with Gasteiger partial charge in [-0.15, -0.1) is 0 Å². The van der Waals surface area contributed by atoms with Crippen molar-refractivity contribution in [3.63, 3.8) is 0 Å². The summed E-state index contributed by atoms with van der Waals surface area (Å²) in [5.74, 6) is 0.156. The van der Waals surface area contributed by atoms with Crippen LogP contribution in [0.3, 0.4) is 0 Å². The first-order valence-corrected chi connectivity index (χ1v) is 10.6. The van der Waals surface area contributed by atoms with Gasteiger partial charge in [0, 0.05) is 12.1 Å². The molecule has 1 aliphatic heterocycles. The van der Waals surface area contributed by atoms with Gasteiger partial charge in [-0.1, -0.05) is 12.1 Å². The van der Waals surface area contributed by atoms with Gasteiger partial charge in [-0.3, -0.25) is 14.2 Å². The first-order valence-electron chi connectivity index (χ1n) is 10.6. The number of carbonyl (C=O) groups excluding carboxylic acids is 1. The van der Waals surface area contributed by atoms with Gasteiger partial charge < -0.3 is 14.7 Å². The zero-order valence-corrected chi connectivity index (χ0v) is 17.5. The van der Waals surface area contributed by atoms with Crippen molar-refractivity contribution in [3.8, 4) is 11.3 Å². The summed E-state index contributed by atoms with van der Waals surface area (Å²) in [6.07, 6.45) is 4.60. The van der Waals surface area contributed by atoms with E-state index in [0.29, 0.717) is 12.1 Å². The third-order valence-electron chi connectivity index (χ3n) is 5.74. The third kappa shape index (κ3) is 4.99. The lowest BCUT2D eigenvalue weighted by Gasteiger charge is -2.30. The van der Waals surface area contributed by atoms with Crippen LogP contribution < -0.4 is 10.9 Å². The number of hydrogen-bond acceptors (Lipinski definition) is 6. The number of likely N-dealkylation sites (tertiary alicyclic amines) is 1. The highest BCUT2D eigenvalue weighted by Crippen LogP contribution is 2.24. The Morgan fingerprint density at radius 1 is 1.26 bits per heavy atom. The van der Waals surface area contributed by atoms with Crippen molar-refractivity contribution in [2.45, 2.75) is 32.7 Å². The van der Waals surface area contributed by atoms with Crippen molar-refractivity contribution in [3.05, 3.63) is 46.8 Å². The molecule has 8 nitrogen and oxygen atoms in total. The van der Waals surface area contributed by atoms with E-state index in [1.54, 1.807) is 0 Å². The molecule has 0 radical (unpaired) electrons. The topological polar surface area (TPSA) is 93.3 Å². The maximum absolute atomic E-state index is 13.2. The minimum Gasteiger partial charge on any atom is -0.354 e. The van der Waals surface area contributed by atoms with Gasteiger partial charge in [-0.05, 0) is 69.1 Å². The maximum Gasteiger partial charge on any atom is 0.267 e. The minimum absolute atomic E-state index is 0.0804. The van der Waals surface area contributed by atoms with Crippen LogP contribution in [-0.2, 0) is 11.3 Å². The van der Waals surface area contributed by atoms with Gasteiger partial charge in [0.05, 0.1) is 0 Å². The monoisotopic (exact) mass is 427 g/mol. The number of aromatic nitrogens is 3. The Kier molecular flexibility index (Phi) is 6.41. The zero-order valence-electron chi connectivity index (χ0n) is 17.5. The molecule has 31 heavy (non-hydrogen) atoms. The number of benzene rings is 1. The summed E-state index contributed by atoms with van der Waals surface area (Å²) < 4.78 is 19.6. The predicted octanol–water partition coefficient (Wildman–Crippen LogP) is 2.43. The number of rotatable bonds is 7. The van der Waals surface area contributed by atoms with Gasteiger partial charge in [0.15, 0.2) is 0 Å². The molecule has 2 aromatic heterocycles. The SMILES string of the molecule is CC1CCN(CCCNC(=O)Cn2cnc3onc(-c4ccc(F)cc4)c3c2=O)CC1. The van der Waals surface area contributed by atoms with Crippen LogP contribution in [-0.4, -0.2) is 51.7 Å². The van der Waals surface area contributed by atoms with E-state index in [0.717, 1.165) is 32.0 Å². The Bertz CT molecular complexity index is 1100. The van der Waals surface area contributed by atoms with Crippen LogP contribution in [0.1, 0.15) is 26.2 Å². The molecule has 0 saturated carbocycles. The van der Waals surface area contributed by atoms with E-state index in [4.69, 9.17) is 4.52 Å². The summed E-state index contributed by atoms with van der Waals surface area (Å²) >= 11 is 0. The average Bonchev–Trinajstić information content (AvgIpc) is 3.20. The molecule has 1 aliphatic rings. The van der Waals surface area contributed by atoms with Gasteiger partial charge in [0.2, 0.25) is 5.91 Å². The molecular weight excluding hydrogens is 401 g/mol. The highest BCUT2D eigenvalue weighted by atomic mass is 19.1. The van der Waals surface area contributed by atoms with Crippen LogP contribution >= 0.6 is 0 Å². The molecule has 164 valence electrons. The molecule has 1 N–H and O–H groups in total. The van der Waals surface area contributed by atoms with Crippen molar-refractivity contribution in [1.29, 1.82) is 0 Å². The number of carbonyl (C=O) groups is 1. The van der Waals surface area contributed by atoms with Crippen molar-refractivity contribution in [1.82, 2.24) is 24.9 Å². The van der Waals surface area contributed by atoms with E-state index in [2.05, 4.69) is 27.3 Å². The summed E-state index contributed by atoms with van der Waals surface area (Å²) in [6.45, 7) is 5.90. The molecule has 0 aliphatic carbocycles. The molecule has 0 unspecified atom stereocenters. The van der Waals surface area contributed by atoms with Crippen LogP contribution in [0.5, 0.6) is 0 Å². The Balaban J connectivity index is 1.37. The summed E-state index contributed by atoms with van der Waals surface area (Å²) in [5.41, 5.74) is 0.464. The quantitative estimate of drug-likeness (QED) is 0.582. The van der Waals surface area contributed by atoms with Crippen molar-refractivity contribution >= 4 is 17.0 Å². The van der Waals surface area contributed by atoms with E-state index in [9.17, 15) is 14.0 Å². The normalized spacial score (nSPS) is 15.4. The molecule has 1 aromatic carbocycles. The van der Waals surface area contributed by atoms with Crippen molar-refractivity contribution in [2.75, 3.05) is 26.2 Å². The van der Waals surface area contributed by atoms with Gasteiger partial charge >= 0.3 is 0 Å². The number of fused-ring (bicyclic) bond motifs is 1. The van der Waals surface area contributed by atoms with Crippen molar-refractivity contribution < 1.29 is 13.7 Å². The molecule has 4 rings (SSSR count). The van der Waals surface area contributed by atoms with E-state index in [-0.39, 0.29) is 29.2 Å². The highest BCUT2D eigenvalue weighted by Gasteiger charge is 2.18. The molecule has 3 aromatic rings. The number of piperidine rings is 1. The molecule has 1 saturated heterocycles. The molecule has 1 amide bonds. The second-order valence-electron chi connectivity index (χ2n) is 8.12. The van der Waals surface area contributed by atoms with E-state index in [1.165, 1.54) is 48.0 Å². The largest absolute Gasteiger partial charge is 0.354 e. The number of hydrogen-bond donors (Lipinski definition) is 1. The first kappa shape index (κ1) is 21.2. The highest BCUT2D eigenvalue weighted by molar-refractivity contribution is 5.88. The second kappa shape index (κ2) is 9.38. The summed E-state index contributed by atoms with van der Waals surface area (Å²) in [5, 5.41) is 6.94. The fraction of sp³-hybridized carbons (Fsp3) is 0.455. The fourth-order valence-corrected chi connectivity index (χ4v) is 3.82. The molecular formula is C22H26FN5O3. The molecule has 0 atom stereocenters. The van der Waals surface area contributed by atoms with Crippen LogP contribution in [0.4, 0.5) is 4.39 Å². The average molecular weight is 427 g/mol. The molecule has 0 bridgehead atoms. The predicted molar refractivity (Wildman–Crippen MR) is 114 cm³/mol. The van der Waals surface area contributed by atoms with E-state index < -0.39 is 11.4 Å². The summed E-state index contributed by atoms with van der Waals surface area (Å²) in [6, 6.07) is 5.59. The lowest BCUT2D eigenvalue weighted by Crippen LogP contribution is -2.36. The van der Waals surface area contributed by atoms with Crippen LogP contribution in [0.25, 0.3) is 22.4 Å². The first-order chi connectivity index (χ1) is 15.0. The molecule has 1 fully saturated rings. The number of halogens is 1. The standard InChI is InChI=1S/C22H26FN5O3/c1-15-7-11-27(12-8-15)10-2-9-24-18(29)13-28-14-25-21-19(22(28)30)20(26-31-21)16-3-5-17(23)6-4-16/h3-6,14-15H,2,7-13H2,1H3,(H,24,29). The van der Waals surface area contributed by atoms with Gasteiger partial charge in [0.25, 0.3) is 11.3 Å². The van der Waals surface area contributed by atoms with E-state index in [1.807, 2.05) is 0 Å². The molecule has 0 spiro atoms. The fourth-order valence-electron chi connectivity index (χ4n) is 3.82. The number of nitrogens with zero attached hydrogens (tertiary/aromatic N) is 4. The minimum atomic E-state index is -0.428. The molecule has 3 heterocycles. The van der Waals surface area contributed by atoms with Crippen LogP contribution in [0.15, 0.2) is 39.9 Å². The van der Waals surface area contributed by atoms with Crippen LogP contribution in [0, 0.1) is 11.7 Å². The Hall–Kier alpha value is -3.07. The van der Waals surface area contributed by atoms with Crippen LogP contribution in [0.2, 0.25) is 0 Å². The van der Waals surface area contributed by atoms with Gasteiger partial charge in [0.1, 0.15) is 29.8 Å². The molecule has 9 heteroatoms. The lowest BCUT2D eigenvalue weighted by molar-refractivity contribution is -0.121. The zero-order chi connectivity index (χ0) is 21.8. The second-order valence-corrected chi connectivity index (χ2v) is 8.12. The third-order valence-corrected chi connectivity index (χ3v) is 5.74. The number of nitrogens with one attached hydrogen (secondary N) is 1. The smallest absolute Gasteiger partial charge is 0.267 e.